The molecule has 1 saturated carbocycles. The van der Waals surface area contributed by atoms with Crippen LogP contribution in [0.15, 0.2) is 18.2 Å². The van der Waals surface area contributed by atoms with Crippen molar-refractivity contribution >= 4 is 0 Å². The Hall–Kier alpha value is -0.930. The highest BCUT2D eigenvalue weighted by Gasteiger charge is 2.19. The largest absolute Gasteiger partial charge is 0.315 e. The number of aryl methyl sites for hydroxylation is 1. The summed E-state index contributed by atoms with van der Waals surface area (Å²) in [4.78, 5) is 0. The molecule has 0 unspecified atom stereocenters. The molecule has 0 aliphatic heterocycles. The third-order valence-corrected chi connectivity index (χ3v) is 3.12. The molecule has 94 valence electrons. The first-order valence-electron chi connectivity index (χ1n) is 6.45. The minimum absolute atomic E-state index is 0.115. The molecule has 2 N–H and O–H groups in total. The van der Waals surface area contributed by atoms with Gasteiger partial charge in [0.1, 0.15) is 5.82 Å². The van der Waals surface area contributed by atoms with E-state index in [0.29, 0.717) is 0 Å². The van der Waals surface area contributed by atoms with Crippen LogP contribution in [0.3, 0.4) is 0 Å². The number of nitrogens with one attached hydrogen (secondary N) is 2. The molecule has 0 bridgehead atoms. The normalized spacial score (nSPS) is 15.2. The van der Waals surface area contributed by atoms with Crippen LogP contribution in [-0.4, -0.2) is 25.7 Å². The van der Waals surface area contributed by atoms with Crippen LogP contribution < -0.4 is 10.6 Å². The molecule has 0 spiro atoms. The van der Waals surface area contributed by atoms with E-state index >= 15 is 0 Å². The molecule has 0 amide bonds. The molecule has 2 rings (SSSR count). The van der Waals surface area contributed by atoms with E-state index in [-0.39, 0.29) is 5.82 Å². The van der Waals surface area contributed by atoms with Crippen molar-refractivity contribution in [3.05, 3.63) is 35.1 Å². The quantitative estimate of drug-likeness (QED) is 0.708. The van der Waals surface area contributed by atoms with Gasteiger partial charge in [-0.3, -0.25) is 0 Å². The van der Waals surface area contributed by atoms with Crippen LogP contribution in [0.5, 0.6) is 0 Å². The summed E-state index contributed by atoms with van der Waals surface area (Å²) < 4.78 is 13.0. The van der Waals surface area contributed by atoms with Crippen molar-refractivity contribution in [1.82, 2.24) is 10.6 Å². The van der Waals surface area contributed by atoms with Gasteiger partial charge in [0, 0.05) is 19.1 Å². The van der Waals surface area contributed by atoms with Crippen molar-refractivity contribution in [1.29, 1.82) is 0 Å². The minimum Gasteiger partial charge on any atom is -0.315 e. The van der Waals surface area contributed by atoms with Crippen LogP contribution >= 0.6 is 0 Å². The maximum Gasteiger partial charge on any atom is 0.126 e. The van der Waals surface area contributed by atoms with Gasteiger partial charge in [-0.2, -0.15) is 0 Å². The van der Waals surface area contributed by atoms with Gasteiger partial charge in [0.25, 0.3) is 0 Å². The van der Waals surface area contributed by atoms with E-state index in [1.165, 1.54) is 18.4 Å². The monoisotopic (exact) mass is 236 g/mol. The number of rotatable bonds is 7. The lowest BCUT2D eigenvalue weighted by atomic mass is 10.1. The summed E-state index contributed by atoms with van der Waals surface area (Å²) in [6.07, 6.45) is 3.65. The number of hydrogen-bond donors (Lipinski definition) is 2. The van der Waals surface area contributed by atoms with Crippen molar-refractivity contribution in [3.8, 4) is 0 Å². The molecule has 0 aromatic heterocycles. The van der Waals surface area contributed by atoms with E-state index in [4.69, 9.17) is 0 Å². The van der Waals surface area contributed by atoms with Crippen molar-refractivity contribution < 1.29 is 4.39 Å². The molecule has 1 aliphatic rings. The number of hydrogen-bond acceptors (Lipinski definition) is 2. The molecule has 1 fully saturated rings. The smallest absolute Gasteiger partial charge is 0.126 e. The second-order valence-corrected chi connectivity index (χ2v) is 4.81. The summed E-state index contributed by atoms with van der Waals surface area (Å²) in [6.45, 7) is 4.83. The zero-order valence-corrected chi connectivity index (χ0v) is 10.4. The van der Waals surface area contributed by atoms with Gasteiger partial charge in [0.05, 0.1) is 0 Å². The Morgan fingerprint density at radius 3 is 2.76 bits per heavy atom. The second kappa shape index (κ2) is 6.12. The molecule has 3 heteroatoms. The summed E-state index contributed by atoms with van der Waals surface area (Å²) >= 11 is 0. The first-order chi connectivity index (χ1) is 8.25. The Morgan fingerprint density at radius 2 is 2.06 bits per heavy atom. The van der Waals surface area contributed by atoms with Crippen LogP contribution in [0.25, 0.3) is 0 Å². The molecule has 17 heavy (non-hydrogen) atoms. The maximum atomic E-state index is 13.0. The lowest BCUT2D eigenvalue weighted by Gasteiger charge is -2.06. The third kappa shape index (κ3) is 4.44. The van der Waals surface area contributed by atoms with Gasteiger partial charge in [-0.15, -0.1) is 0 Å². The van der Waals surface area contributed by atoms with E-state index in [0.717, 1.165) is 37.7 Å². The van der Waals surface area contributed by atoms with Gasteiger partial charge in [-0.05, 0) is 49.9 Å². The molecule has 1 aromatic carbocycles. The summed E-state index contributed by atoms with van der Waals surface area (Å²) in [5, 5.41) is 6.85. The van der Waals surface area contributed by atoms with Gasteiger partial charge in [-0.25, -0.2) is 4.39 Å². The van der Waals surface area contributed by atoms with Crippen LogP contribution in [0, 0.1) is 12.7 Å². The average Bonchev–Trinajstić information content (AvgIpc) is 3.12. The lowest BCUT2D eigenvalue weighted by molar-refractivity contribution is 0.605. The van der Waals surface area contributed by atoms with Crippen molar-refractivity contribution in [2.75, 3.05) is 19.6 Å². The molecule has 0 saturated heterocycles. The van der Waals surface area contributed by atoms with Crippen molar-refractivity contribution in [3.63, 3.8) is 0 Å². The standard InChI is InChI=1S/C14H21FN2/c1-11-10-12(2-5-14(11)15)6-7-16-8-9-17-13-3-4-13/h2,5,10,13,16-17H,3-4,6-9H2,1H3. The minimum atomic E-state index is -0.115. The second-order valence-electron chi connectivity index (χ2n) is 4.81. The van der Waals surface area contributed by atoms with Crippen molar-refractivity contribution in [2.24, 2.45) is 0 Å². The molecule has 2 nitrogen and oxygen atoms in total. The Labute approximate surface area is 103 Å². The highest BCUT2D eigenvalue weighted by Crippen LogP contribution is 2.17. The van der Waals surface area contributed by atoms with Gasteiger partial charge < -0.3 is 10.6 Å². The van der Waals surface area contributed by atoms with E-state index in [9.17, 15) is 4.39 Å². The van der Waals surface area contributed by atoms with Crippen LogP contribution in [0.2, 0.25) is 0 Å². The fourth-order valence-corrected chi connectivity index (χ4v) is 1.87. The zero-order chi connectivity index (χ0) is 12.1. The van der Waals surface area contributed by atoms with Gasteiger partial charge in [0.15, 0.2) is 0 Å². The first-order valence-corrected chi connectivity index (χ1v) is 6.45. The van der Waals surface area contributed by atoms with Gasteiger partial charge in [0.2, 0.25) is 0 Å². The molecule has 1 aromatic rings. The van der Waals surface area contributed by atoms with Crippen LogP contribution in [0.1, 0.15) is 24.0 Å². The fourth-order valence-electron chi connectivity index (χ4n) is 1.87. The third-order valence-electron chi connectivity index (χ3n) is 3.12. The molecule has 0 heterocycles. The van der Waals surface area contributed by atoms with E-state index in [2.05, 4.69) is 10.6 Å². The Bertz CT molecular complexity index is 361. The molecular weight excluding hydrogens is 215 g/mol. The summed E-state index contributed by atoms with van der Waals surface area (Å²) in [5.74, 6) is -0.115. The SMILES string of the molecule is Cc1cc(CCNCCNC2CC2)ccc1F. The molecule has 0 radical (unpaired) electrons. The zero-order valence-electron chi connectivity index (χ0n) is 10.4. The molecule has 0 atom stereocenters. The Kier molecular flexibility index (Phi) is 4.51. The van der Waals surface area contributed by atoms with Crippen LogP contribution in [-0.2, 0) is 6.42 Å². The molecular formula is C14H21FN2. The topological polar surface area (TPSA) is 24.1 Å². The van der Waals surface area contributed by atoms with Gasteiger partial charge in [-0.1, -0.05) is 12.1 Å². The predicted molar refractivity (Wildman–Crippen MR) is 68.7 cm³/mol. The van der Waals surface area contributed by atoms with E-state index in [1.807, 2.05) is 19.1 Å². The predicted octanol–water partition coefficient (Wildman–Crippen LogP) is 2.02. The fraction of sp³-hybridized carbons (Fsp3) is 0.571. The average molecular weight is 236 g/mol. The summed E-state index contributed by atoms with van der Waals surface area (Å²) in [6, 6.07) is 6.14. The van der Waals surface area contributed by atoms with Crippen LogP contribution in [0.4, 0.5) is 4.39 Å². The lowest BCUT2D eigenvalue weighted by Crippen LogP contribution is -2.29. The van der Waals surface area contributed by atoms with E-state index < -0.39 is 0 Å². The molecule has 1 aliphatic carbocycles. The highest BCUT2D eigenvalue weighted by molar-refractivity contribution is 5.24. The Balaban J connectivity index is 1.58. The number of halogens is 1. The maximum absolute atomic E-state index is 13.0. The highest BCUT2D eigenvalue weighted by atomic mass is 19.1. The summed E-state index contributed by atoms with van der Waals surface area (Å²) in [7, 11) is 0. The first kappa shape index (κ1) is 12.5. The van der Waals surface area contributed by atoms with Crippen molar-refractivity contribution in [2.45, 2.75) is 32.2 Å². The summed E-state index contributed by atoms with van der Waals surface area (Å²) in [5.41, 5.74) is 1.93. The van der Waals surface area contributed by atoms with Gasteiger partial charge >= 0.3 is 0 Å². The van der Waals surface area contributed by atoms with E-state index in [1.54, 1.807) is 6.07 Å². The number of benzene rings is 1. The Morgan fingerprint density at radius 1 is 1.24 bits per heavy atom.